The molecule has 3 rings (SSSR count). The van der Waals surface area contributed by atoms with Crippen molar-refractivity contribution in [2.24, 2.45) is 0 Å². The molecule has 1 fully saturated rings. The first-order valence-electron chi connectivity index (χ1n) is 9.00. The number of benzene rings is 2. The van der Waals surface area contributed by atoms with Gasteiger partial charge in [0.2, 0.25) is 21.8 Å². The largest absolute Gasteiger partial charge is 0.495 e. The minimum atomic E-state index is -3.87. The summed E-state index contributed by atoms with van der Waals surface area (Å²) in [4.78, 5) is 24.8. The van der Waals surface area contributed by atoms with Crippen LogP contribution in [0.3, 0.4) is 0 Å². The second-order valence-corrected chi connectivity index (χ2v) is 8.18. The van der Waals surface area contributed by atoms with Crippen LogP contribution in [0.4, 0.5) is 5.69 Å². The average molecular weight is 402 g/mol. The third-order valence-electron chi connectivity index (χ3n) is 4.52. The van der Waals surface area contributed by atoms with E-state index in [0.717, 1.165) is 16.9 Å². The van der Waals surface area contributed by atoms with E-state index >= 15 is 0 Å². The molecule has 0 saturated carbocycles. The van der Waals surface area contributed by atoms with Crippen LogP contribution < -0.4 is 14.4 Å². The molecule has 0 aliphatic carbocycles. The van der Waals surface area contributed by atoms with Crippen LogP contribution in [0.2, 0.25) is 0 Å². The average Bonchev–Trinajstić information content (AvgIpc) is 3.04. The molecular weight excluding hydrogens is 380 g/mol. The second-order valence-electron chi connectivity index (χ2n) is 6.44. The van der Waals surface area contributed by atoms with Gasteiger partial charge >= 0.3 is 0 Å². The van der Waals surface area contributed by atoms with Gasteiger partial charge in [0.15, 0.2) is 0 Å². The van der Waals surface area contributed by atoms with Crippen LogP contribution in [-0.2, 0) is 26.0 Å². The summed E-state index contributed by atoms with van der Waals surface area (Å²) in [6, 6.07) is 14.1. The summed E-state index contributed by atoms with van der Waals surface area (Å²) in [7, 11) is -2.50. The highest BCUT2D eigenvalue weighted by atomic mass is 32.2. The molecule has 1 N–H and O–H groups in total. The molecule has 0 unspecified atom stereocenters. The van der Waals surface area contributed by atoms with Crippen LogP contribution in [0.15, 0.2) is 53.4 Å². The Kier molecular flexibility index (Phi) is 6.11. The molecule has 148 valence electrons. The smallest absolute Gasteiger partial charge is 0.244 e. The van der Waals surface area contributed by atoms with E-state index in [0.29, 0.717) is 6.42 Å². The number of methoxy groups -OCH3 is 1. The first kappa shape index (κ1) is 20.0. The lowest BCUT2D eigenvalue weighted by molar-refractivity contribution is -0.121. The number of nitrogens with one attached hydrogen (secondary N) is 1. The van der Waals surface area contributed by atoms with Crippen LogP contribution in [0.5, 0.6) is 5.75 Å². The van der Waals surface area contributed by atoms with E-state index in [1.165, 1.54) is 25.3 Å². The molecule has 7 nitrogen and oxygen atoms in total. The normalized spacial score (nSPS) is 14.5. The van der Waals surface area contributed by atoms with E-state index in [-0.39, 0.29) is 47.5 Å². The van der Waals surface area contributed by atoms with Crippen molar-refractivity contribution in [1.82, 2.24) is 4.72 Å². The lowest BCUT2D eigenvalue weighted by Gasteiger charge is -2.17. The molecule has 1 heterocycles. The van der Waals surface area contributed by atoms with Crippen molar-refractivity contribution in [3.8, 4) is 5.75 Å². The Morgan fingerprint density at radius 1 is 1.04 bits per heavy atom. The van der Waals surface area contributed by atoms with Crippen molar-refractivity contribution in [3.05, 3.63) is 54.1 Å². The molecule has 0 radical (unpaired) electrons. The van der Waals surface area contributed by atoms with Gasteiger partial charge in [0.25, 0.3) is 0 Å². The zero-order chi connectivity index (χ0) is 20.1. The third-order valence-corrected chi connectivity index (χ3v) is 6.01. The van der Waals surface area contributed by atoms with Gasteiger partial charge < -0.3 is 4.74 Å². The SMILES string of the molecule is COc1ccc(N2C(=O)CCC2=O)cc1S(=O)(=O)NCCCc1ccccc1. The monoisotopic (exact) mass is 402 g/mol. The molecule has 1 aliphatic rings. The molecule has 8 heteroatoms. The van der Waals surface area contributed by atoms with Crippen molar-refractivity contribution in [2.75, 3.05) is 18.6 Å². The van der Waals surface area contributed by atoms with Crippen molar-refractivity contribution >= 4 is 27.5 Å². The Hall–Kier alpha value is -2.71. The Morgan fingerprint density at radius 3 is 2.36 bits per heavy atom. The van der Waals surface area contributed by atoms with Crippen LogP contribution >= 0.6 is 0 Å². The van der Waals surface area contributed by atoms with Crippen molar-refractivity contribution < 1.29 is 22.7 Å². The van der Waals surface area contributed by atoms with Crippen LogP contribution in [-0.4, -0.2) is 33.9 Å². The number of carbonyl (C=O) groups is 2. The van der Waals surface area contributed by atoms with Gasteiger partial charge in [-0.05, 0) is 36.6 Å². The summed E-state index contributed by atoms with van der Waals surface area (Å²) in [5.74, 6) is -0.526. The summed E-state index contributed by atoms with van der Waals surface area (Å²) >= 11 is 0. The molecule has 28 heavy (non-hydrogen) atoms. The van der Waals surface area contributed by atoms with Gasteiger partial charge in [0.1, 0.15) is 10.6 Å². The summed E-state index contributed by atoms with van der Waals surface area (Å²) in [6.07, 6.45) is 1.64. The van der Waals surface area contributed by atoms with Gasteiger partial charge in [-0.15, -0.1) is 0 Å². The number of rotatable bonds is 8. The highest BCUT2D eigenvalue weighted by Gasteiger charge is 2.31. The number of carbonyl (C=O) groups excluding carboxylic acids is 2. The van der Waals surface area contributed by atoms with Crippen LogP contribution in [0, 0.1) is 0 Å². The molecule has 2 aromatic carbocycles. The first-order valence-corrected chi connectivity index (χ1v) is 10.5. The van der Waals surface area contributed by atoms with E-state index < -0.39 is 10.0 Å². The van der Waals surface area contributed by atoms with E-state index in [1.54, 1.807) is 0 Å². The van der Waals surface area contributed by atoms with Crippen molar-refractivity contribution in [2.45, 2.75) is 30.6 Å². The van der Waals surface area contributed by atoms with Crippen LogP contribution in [0.25, 0.3) is 0 Å². The molecule has 0 spiro atoms. The van der Waals surface area contributed by atoms with Crippen molar-refractivity contribution in [3.63, 3.8) is 0 Å². The molecule has 2 aromatic rings. The maximum Gasteiger partial charge on any atom is 0.244 e. The van der Waals surface area contributed by atoms with Gasteiger partial charge in [-0.3, -0.25) is 14.5 Å². The maximum atomic E-state index is 12.8. The summed E-state index contributed by atoms with van der Waals surface area (Å²) in [5, 5.41) is 0. The molecule has 0 bridgehead atoms. The second kappa shape index (κ2) is 8.53. The number of amides is 2. The van der Waals surface area contributed by atoms with Gasteiger partial charge in [0, 0.05) is 19.4 Å². The zero-order valence-corrected chi connectivity index (χ0v) is 16.4. The number of hydrogen-bond donors (Lipinski definition) is 1. The maximum absolute atomic E-state index is 12.8. The van der Waals surface area contributed by atoms with Gasteiger partial charge in [-0.25, -0.2) is 13.1 Å². The lowest BCUT2D eigenvalue weighted by Crippen LogP contribution is -2.29. The number of anilines is 1. The number of hydrogen-bond acceptors (Lipinski definition) is 5. The quantitative estimate of drug-likeness (QED) is 0.540. The summed E-state index contributed by atoms with van der Waals surface area (Å²) in [5.41, 5.74) is 1.37. The van der Waals surface area contributed by atoms with E-state index in [4.69, 9.17) is 4.74 Å². The molecule has 0 atom stereocenters. The number of ether oxygens (including phenoxy) is 1. The third kappa shape index (κ3) is 4.40. The van der Waals surface area contributed by atoms with Gasteiger partial charge in [-0.1, -0.05) is 30.3 Å². The molecule has 1 saturated heterocycles. The topological polar surface area (TPSA) is 92.8 Å². The minimum Gasteiger partial charge on any atom is -0.495 e. The molecule has 0 aromatic heterocycles. The van der Waals surface area contributed by atoms with E-state index in [2.05, 4.69) is 4.72 Å². The van der Waals surface area contributed by atoms with E-state index in [9.17, 15) is 18.0 Å². The predicted molar refractivity (Wildman–Crippen MR) is 105 cm³/mol. The highest BCUT2D eigenvalue weighted by Crippen LogP contribution is 2.31. The highest BCUT2D eigenvalue weighted by molar-refractivity contribution is 7.89. The first-order chi connectivity index (χ1) is 13.4. The Labute approximate surface area is 164 Å². The Morgan fingerprint density at radius 2 is 1.71 bits per heavy atom. The number of nitrogens with zero attached hydrogens (tertiary/aromatic N) is 1. The molecule has 1 aliphatic heterocycles. The standard InChI is InChI=1S/C20H22N2O5S/c1-27-17-10-9-16(22-19(23)11-12-20(22)24)14-18(17)28(25,26)21-13-5-8-15-6-3-2-4-7-15/h2-4,6-7,9-10,14,21H,5,8,11-13H2,1H3. The minimum absolute atomic E-state index is 0.0975. The fourth-order valence-corrected chi connectivity index (χ4v) is 4.36. The number of imide groups is 1. The fraction of sp³-hybridized carbons (Fsp3) is 0.300. The molecule has 2 amide bonds. The Bertz CT molecular complexity index is 957. The molecular formula is C20H22N2O5S. The van der Waals surface area contributed by atoms with Crippen LogP contribution in [0.1, 0.15) is 24.8 Å². The van der Waals surface area contributed by atoms with Gasteiger partial charge in [-0.2, -0.15) is 0 Å². The summed E-state index contributed by atoms with van der Waals surface area (Å²) in [6.45, 7) is 0.256. The fourth-order valence-electron chi connectivity index (χ4n) is 3.10. The number of aryl methyl sites for hydroxylation is 1. The lowest BCUT2D eigenvalue weighted by atomic mass is 10.1. The van der Waals surface area contributed by atoms with E-state index in [1.807, 2.05) is 30.3 Å². The zero-order valence-electron chi connectivity index (χ0n) is 15.6. The predicted octanol–water partition coefficient (Wildman–Crippen LogP) is 2.26. The Balaban J connectivity index is 1.75. The number of sulfonamides is 1. The van der Waals surface area contributed by atoms with Crippen molar-refractivity contribution in [1.29, 1.82) is 0 Å². The van der Waals surface area contributed by atoms with Gasteiger partial charge in [0.05, 0.1) is 12.8 Å². The summed E-state index contributed by atoms with van der Waals surface area (Å²) < 4.78 is 33.3.